The fourth-order valence-corrected chi connectivity index (χ4v) is 2.93. The molecule has 2 N–H and O–H groups in total. The van der Waals surface area contributed by atoms with Crippen molar-refractivity contribution in [2.75, 3.05) is 0 Å². The number of esters is 1. The zero-order valence-corrected chi connectivity index (χ0v) is 10.2. The Morgan fingerprint density at radius 3 is 2.56 bits per heavy atom. The summed E-state index contributed by atoms with van der Waals surface area (Å²) in [7, 11) is 0. The van der Waals surface area contributed by atoms with E-state index in [-0.39, 0.29) is 24.0 Å². The maximum absolute atomic E-state index is 11.9. The minimum Gasteiger partial charge on any atom is -0.462 e. The van der Waals surface area contributed by atoms with Crippen molar-refractivity contribution in [3.63, 3.8) is 0 Å². The van der Waals surface area contributed by atoms with Crippen LogP contribution in [0.25, 0.3) is 0 Å². The van der Waals surface area contributed by atoms with E-state index in [1.807, 2.05) is 0 Å². The smallest absolute Gasteiger partial charge is 0.309 e. The normalized spacial score (nSPS) is 39.6. The minimum absolute atomic E-state index is 0.00620. The number of carbonyl (C=O) groups excluding carboxylic acids is 1. The molecule has 2 rings (SSSR count). The summed E-state index contributed by atoms with van der Waals surface area (Å²) in [4.78, 5) is 11.9. The highest BCUT2D eigenvalue weighted by Crippen LogP contribution is 2.30. The highest BCUT2D eigenvalue weighted by atomic mass is 16.5. The number of nitrogens with two attached hydrogens (primary N) is 1. The monoisotopic (exact) mass is 225 g/mol. The third kappa shape index (κ3) is 2.76. The molecular formula is C13H23NO2. The summed E-state index contributed by atoms with van der Waals surface area (Å²) in [6.07, 6.45) is 7.60. The largest absolute Gasteiger partial charge is 0.462 e. The maximum Gasteiger partial charge on any atom is 0.309 e. The third-order valence-electron chi connectivity index (χ3n) is 4.11. The van der Waals surface area contributed by atoms with Gasteiger partial charge in [0.25, 0.3) is 0 Å². The zero-order valence-electron chi connectivity index (χ0n) is 10.2. The van der Waals surface area contributed by atoms with E-state index in [1.54, 1.807) is 0 Å². The first kappa shape index (κ1) is 11.9. The van der Waals surface area contributed by atoms with Gasteiger partial charge < -0.3 is 10.5 Å². The summed E-state index contributed by atoms with van der Waals surface area (Å²) in [5.74, 6) is 0.614. The summed E-state index contributed by atoms with van der Waals surface area (Å²) >= 11 is 0. The Morgan fingerprint density at radius 2 is 1.94 bits per heavy atom. The van der Waals surface area contributed by atoms with Gasteiger partial charge in [0.05, 0.1) is 5.92 Å². The average Bonchev–Trinajstić information content (AvgIpc) is 2.68. The minimum atomic E-state index is 0.00620. The van der Waals surface area contributed by atoms with Crippen LogP contribution in [0.3, 0.4) is 0 Å². The van der Waals surface area contributed by atoms with Crippen LogP contribution in [0.4, 0.5) is 0 Å². The summed E-state index contributed by atoms with van der Waals surface area (Å²) < 4.78 is 5.64. The third-order valence-corrected chi connectivity index (χ3v) is 4.11. The molecule has 2 aliphatic rings. The fourth-order valence-electron chi connectivity index (χ4n) is 2.93. The van der Waals surface area contributed by atoms with Crippen LogP contribution in [-0.4, -0.2) is 18.1 Å². The lowest BCUT2D eigenvalue weighted by Gasteiger charge is -2.29. The second-order valence-electron chi connectivity index (χ2n) is 5.51. The average molecular weight is 225 g/mol. The Morgan fingerprint density at radius 1 is 1.19 bits per heavy atom. The molecule has 0 spiro atoms. The second kappa shape index (κ2) is 5.17. The number of rotatable bonds is 2. The molecule has 2 aliphatic carbocycles. The van der Waals surface area contributed by atoms with Gasteiger partial charge in [-0.15, -0.1) is 0 Å². The van der Waals surface area contributed by atoms with Crippen LogP contribution in [0.1, 0.15) is 51.9 Å². The summed E-state index contributed by atoms with van der Waals surface area (Å²) in [5.41, 5.74) is 5.82. The van der Waals surface area contributed by atoms with Crippen molar-refractivity contribution < 1.29 is 9.53 Å². The Labute approximate surface area is 97.7 Å². The maximum atomic E-state index is 11.9. The first-order valence-electron chi connectivity index (χ1n) is 6.63. The van der Waals surface area contributed by atoms with Crippen molar-refractivity contribution in [1.29, 1.82) is 0 Å². The SMILES string of the molecule is CC1CCCCC1OC(=O)C1CCC(N)C1. The topological polar surface area (TPSA) is 52.3 Å². The van der Waals surface area contributed by atoms with Crippen molar-refractivity contribution in [3.8, 4) is 0 Å². The van der Waals surface area contributed by atoms with Crippen LogP contribution < -0.4 is 5.73 Å². The van der Waals surface area contributed by atoms with Crippen LogP contribution in [0, 0.1) is 11.8 Å². The quantitative estimate of drug-likeness (QED) is 0.733. The van der Waals surface area contributed by atoms with E-state index in [1.165, 1.54) is 19.3 Å². The van der Waals surface area contributed by atoms with Gasteiger partial charge in [0.15, 0.2) is 0 Å². The van der Waals surface area contributed by atoms with E-state index in [0.717, 1.165) is 25.7 Å². The van der Waals surface area contributed by atoms with Crippen LogP contribution in [-0.2, 0) is 9.53 Å². The lowest BCUT2D eigenvalue weighted by atomic mass is 9.88. The molecule has 3 nitrogen and oxygen atoms in total. The van der Waals surface area contributed by atoms with Gasteiger partial charge in [0.1, 0.15) is 6.10 Å². The van der Waals surface area contributed by atoms with E-state index in [2.05, 4.69) is 6.92 Å². The van der Waals surface area contributed by atoms with Gasteiger partial charge in [-0.05, 0) is 44.4 Å². The number of carbonyl (C=O) groups is 1. The molecule has 0 aromatic carbocycles. The molecule has 4 unspecified atom stereocenters. The molecule has 2 saturated carbocycles. The summed E-state index contributed by atoms with van der Waals surface area (Å²) in [6, 6.07) is 0.210. The lowest BCUT2D eigenvalue weighted by molar-refractivity contribution is -0.158. The standard InChI is InChI=1S/C13H23NO2/c1-9-4-2-3-5-12(9)16-13(15)10-6-7-11(14)8-10/h9-12H,2-8,14H2,1H3. The van der Waals surface area contributed by atoms with Gasteiger partial charge in [-0.1, -0.05) is 13.3 Å². The Bertz CT molecular complexity index is 254. The molecule has 0 aromatic rings. The van der Waals surface area contributed by atoms with E-state index in [4.69, 9.17) is 10.5 Å². The van der Waals surface area contributed by atoms with Gasteiger partial charge in [0, 0.05) is 6.04 Å². The highest BCUT2D eigenvalue weighted by molar-refractivity contribution is 5.73. The summed E-state index contributed by atoms with van der Waals surface area (Å²) in [6.45, 7) is 2.19. The van der Waals surface area contributed by atoms with Gasteiger partial charge >= 0.3 is 5.97 Å². The van der Waals surface area contributed by atoms with Crippen LogP contribution in [0.5, 0.6) is 0 Å². The van der Waals surface area contributed by atoms with Crippen LogP contribution >= 0.6 is 0 Å². The molecule has 0 radical (unpaired) electrons. The summed E-state index contributed by atoms with van der Waals surface area (Å²) in [5, 5.41) is 0. The molecule has 92 valence electrons. The number of hydrogen-bond donors (Lipinski definition) is 1. The second-order valence-corrected chi connectivity index (χ2v) is 5.51. The Balaban J connectivity index is 1.82. The molecule has 4 atom stereocenters. The number of ether oxygens (including phenoxy) is 1. The number of hydrogen-bond acceptors (Lipinski definition) is 3. The van der Waals surface area contributed by atoms with E-state index in [9.17, 15) is 4.79 Å². The van der Waals surface area contributed by atoms with Crippen LogP contribution in [0.2, 0.25) is 0 Å². The van der Waals surface area contributed by atoms with Gasteiger partial charge in [0.2, 0.25) is 0 Å². The molecule has 0 heterocycles. The lowest BCUT2D eigenvalue weighted by Crippen LogP contribution is -2.31. The van der Waals surface area contributed by atoms with Gasteiger partial charge in [-0.3, -0.25) is 4.79 Å². The van der Waals surface area contributed by atoms with Crippen molar-refractivity contribution >= 4 is 5.97 Å². The van der Waals surface area contributed by atoms with Crippen molar-refractivity contribution in [3.05, 3.63) is 0 Å². The molecule has 0 aliphatic heterocycles. The molecule has 0 amide bonds. The molecular weight excluding hydrogens is 202 g/mol. The predicted octanol–water partition coefficient (Wildman–Crippen LogP) is 2.24. The molecule has 0 saturated heterocycles. The van der Waals surface area contributed by atoms with Gasteiger partial charge in [-0.2, -0.15) is 0 Å². The van der Waals surface area contributed by atoms with E-state index >= 15 is 0 Å². The predicted molar refractivity (Wildman–Crippen MR) is 62.8 cm³/mol. The van der Waals surface area contributed by atoms with E-state index in [0.29, 0.717) is 5.92 Å². The Kier molecular flexibility index (Phi) is 3.85. The molecule has 0 aromatic heterocycles. The van der Waals surface area contributed by atoms with E-state index < -0.39 is 0 Å². The highest BCUT2D eigenvalue weighted by Gasteiger charge is 2.32. The zero-order chi connectivity index (χ0) is 11.5. The van der Waals surface area contributed by atoms with Crippen LogP contribution in [0.15, 0.2) is 0 Å². The van der Waals surface area contributed by atoms with Crippen molar-refractivity contribution in [1.82, 2.24) is 0 Å². The molecule has 2 fully saturated rings. The first-order chi connectivity index (χ1) is 7.66. The first-order valence-corrected chi connectivity index (χ1v) is 6.63. The molecule has 16 heavy (non-hydrogen) atoms. The van der Waals surface area contributed by atoms with Crippen molar-refractivity contribution in [2.45, 2.75) is 64.0 Å². The molecule has 0 bridgehead atoms. The van der Waals surface area contributed by atoms with Gasteiger partial charge in [-0.25, -0.2) is 0 Å². The van der Waals surface area contributed by atoms with Crippen molar-refractivity contribution in [2.24, 2.45) is 17.6 Å². The molecule has 3 heteroatoms. The Hall–Kier alpha value is -0.570. The fraction of sp³-hybridized carbons (Fsp3) is 0.923.